The molecule has 0 aliphatic rings. The van der Waals surface area contributed by atoms with Gasteiger partial charge in [-0.15, -0.1) is 0 Å². The zero-order chi connectivity index (χ0) is 31.9. The van der Waals surface area contributed by atoms with Gasteiger partial charge in [0.1, 0.15) is 0 Å². The monoisotopic (exact) mass is 610 g/mol. The maximum absolute atomic E-state index is 5.32. The first-order chi connectivity index (χ1) is 23.8. The quantitative estimate of drug-likeness (QED) is 0.181. The summed E-state index contributed by atoms with van der Waals surface area (Å²) < 4.78 is 0. The lowest BCUT2D eigenvalue weighted by Gasteiger charge is -2.14. The van der Waals surface area contributed by atoms with Crippen LogP contribution in [0.25, 0.3) is 88.5 Å². The molecular weight excluding hydrogens is 581 g/mol. The van der Waals surface area contributed by atoms with Crippen LogP contribution in [0.15, 0.2) is 182 Å². The molecule has 0 atom stereocenters. The molecule has 1 aromatic heterocycles. The molecule has 8 aromatic carbocycles. The van der Waals surface area contributed by atoms with E-state index >= 15 is 0 Å². The van der Waals surface area contributed by atoms with Crippen LogP contribution < -0.4 is 0 Å². The molecule has 0 aliphatic heterocycles. The average Bonchev–Trinajstić information content (AvgIpc) is 3.17. The Morgan fingerprint density at radius 3 is 1.52 bits per heavy atom. The SMILES string of the molecule is c1ccc(-c2cccc(-c3cccc(-c4ccc(-c5nc(-c6cccc7ccccc67)nc6ccc7ccccc7c56)cc4)c3)c2)cc1. The van der Waals surface area contributed by atoms with Crippen molar-refractivity contribution < 1.29 is 0 Å². The molecule has 0 aliphatic carbocycles. The Morgan fingerprint density at radius 2 is 0.812 bits per heavy atom. The summed E-state index contributed by atoms with van der Waals surface area (Å²) >= 11 is 0. The Labute approximate surface area is 279 Å². The van der Waals surface area contributed by atoms with Gasteiger partial charge in [0.15, 0.2) is 5.82 Å². The molecule has 0 unspecified atom stereocenters. The fourth-order valence-electron chi connectivity index (χ4n) is 6.86. The number of hydrogen-bond donors (Lipinski definition) is 0. The smallest absolute Gasteiger partial charge is 0.161 e. The third kappa shape index (κ3) is 5.01. The zero-order valence-corrected chi connectivity index (χ0v) is 26.2. The van der Waals surface area contributed by atoms with Crippen molar-refractivity contribution in [3.8, 4) is 56.0 Å². The highest BCUT2D eigenvalue weighted by Gasteiger charge is 2.16. The van der Waals surface area contributed by atoms with E-state index in [0.29, 0.717) is 0 Å². The lowest BCUT2D eigenvalue weighted by molar-refractivity contribution is 1.24. The second kappa shape index (κ2) is 11.8. The molecule has 0 N–H and O–H groups in total. The second-order valence-corrected chi connectivity index (χ2v) is 12.2. The summed E-state index contributed by atoms with van der Waals surface area (Å²) in [6.45, 7) is 0. The minimum Gasteiger partial charge on any atom is -0.228 e. The Morgan fingerprint density at radius 1 is 0.312 bits per heavy atom. The Hall–Kier alpha value is -6.38. The lowest BCUT2D eigenvalue weighted by atomic mass is 9.95. The van der Waals surface area contributed by atoms with E-state index in [1.807, 2.05) is 0 Å². The van der Waals surface area contributed by atoms with Crippen LogP contribution in [-0.4, -0.2) is 9.97 Å². The third-order valence-corrected chi connectivity index (χ3v) is 9.28. The van der Waals surface area contributed by atoms with Gasteiger partial charge in [-0.05, 0) is 73.1 Å². The van der Waals surface area contributed by atoms with E-state index < -0.39 is 0 Å². The first kappa shape index (κ1) is 27.9. The molecule has 2 heteroatoms. The second-order valence-electron chi connectivity index (χ2n) is 12.2. The number of fused-ring (bicyclic) bond motifs is 4. The van der Waals surface area contributed by atoms with Crippen LogP contribution >= 0.6 is 0 Å². The summed E-state index contributed by atoms with van der Waals surface area (Å²) in [7, 11) is 0. The van der Waals surface area contributed by atoms with Crippen LogP contribution in [0.3, 0.4) is 0 Å². The van der Waals surface area contributed by atoms with Crippen LogP contribution in [0.2, 0.25) is 0 Å². The molecule has 0 amide bonds. The molecule has 1 heterocycles. The van der Waals surface area contributed by atoms with E-state index in [-0.39, 0.29) is 0 Å². The van der Waals surface area contributed by atoms with Crippen molar-refractivity contribution in [1.82, 2.24) is 9.97 Å². The highest BCUT2D eigenvalue weighted by molar-refractivity contribution is 6.13. The molecule has 0 saturated heterocycles. The zero-order valence-electron chi connectivity index (χ0n) is 26.2. The van der Waals surface area contributed by atoms with Gasteiger partial charge in [-0.2, -0.15) is 0 Å². The molecule has 0 saturated carbocycles. The highest BCUT2D eigenvalue weighted by atomic mass is 14.9. The highest BCUT2D eigenvalue weighted by Crippen LogP contribution is 2.37. The Kier molecular flexibility index (Phi) is 6.84. The fourth-order valence-corrected chi connectivity index (χ4v) is 6.86. The maximum Gasteiger partial charge on any atom is 0.161 e. The number of rotatable bonds is 5. The molecule has 0 spiro atoms. The van der Waals surface area contributed by atoms with Crippen molar-refractivity contribution in [2.75, 3.05) is 0 Å². The number of nitrogens with zero attached hydrogens (tertiary/aromatic N) is 2. The lowest BCUT2D eigenvalue weighted by Crippen LogP contribution is -1.97. The van der Waals surface area contributed by atoms with Crippen molar-refractivity contribution >= 4 is 32.4 Å². The summed E-state index contributed by atoms with van der Waals surface area (Å²) in [5, 5.41) is 5.74. The van der Waals surface area contributed by atoms with Crippen molar-refractivity contribution in [2.45, 2.75) is 0 Å². The van der Waals surface area contributed by atoms with Crippen LogP contribution in [0.4, 0.5) is 0 Å². The fraction of sp³-hybridized carbons (Fsp3) is 0. The van der Waals surface area contributed by atoms with Gasteiger partial charge < -0.3 is 0 Å². The summed E-state index contributed by atoms with van der Waals surface area (Å²) in [4.78, 5) is 10.5. The topological polar surface area (TPSA) is 25.8 Å². The van der Waals surface area contributed by atoms with Crippen LogP contribution in [0.1, 0.15) is 0 Å². The average molecular weight is 611 g/mol. The molecule has 48 heavy (non-hydrogen) atoms. The molecule has 9 aromatic rings. The molecular formula is C46H30N2. The molecule has 2 nitrogen and oxygen atoms in total. The summed E-state index contributed by atoms with van der Waals surface area (Å²) in [6.07, 6.45) is 0. The first-order valence-electron chi connectivity index (χ1n) is 16.3. The molecule has 0 radical (unpaired) electrons. The van der Waals surface area contributed by atoms with Gasteiger partial charge in [-0.1, -0.05) is 164 Å². The van der Waals surface area contributed by atoms with Crippen LogP contribution in [-0.2, 0) is 0 Å². The van der Waals surface area contributed by atoms with E-state index in [2.05, 4.69) is 182 Å². The van der Waals surface area contributed by atoms with E-state index in [0.717, 1.165) is 49.9 Å². The molecule has 0 bridgehead atoms. The maximum atomic E-state index is 5.32. The van der Waals surface area contributed by atoms with Crippen LogP contribution in [0, 0.1) is 0 Å². The predicted molar refractivity (Wildman–Crippen MR) is 202 cm³/mol. The Bertz CT molecular complexity index is 2600. The number of aromatic nitrogens is 2. The van der Waals surface area contributed by atoms with Crippen molar-refractivity contribution in [1.29, 1.82) is 0 Å². The van der Waals surface area contributed by atoms with Gasteiger partial charge in [0.2, 0.25) is 0 Å². The summed E-state index contributed by atoms with van der Waals surface area (Å²) in [5.41, 5.74) is 11.2. The number of benzene rings is 8. The van der Waals surface area contributed by atoms with E-state index in [1.165, 1.54) is 38.6 Å². The summed E-state index contributed by atoms with van der Waals surface area (Å²) in [6, 6.07) is 64.6. The standard InChI is InChI=1S/C46H30N2/c1-2-11-31(12-3-1)36-16-8-18-38(29-36)39-19-9-17-37(30-39)32-23-25-35(26-24-32)45-44-41-21-7-5-14-34(41)27-28-43(44)47-46(48-45)42-22-10-15-33-13-4-6-20-40(33)42/h1-30H. The van der Waals surface area contributed by atoms with Gasteiger partial charge in [0, 0.05) is 16.5 Å². The first-order valence-corrected chi connectivity index (χ1v) is 16.3. The van der Waals surface area contributed by atoms with E-state index in [9.17, 15) is 0 Å². The van der Waals surface area contributed by atoms with Crippen molar-refractivity contribution in [3.05, 3.63) is 182 Å². The third-order valence-electron chi connectivity index (χ3n) is 9.28. The predicted octanol–water partition coefficient (Wildman–Crippen LogP) is 12.3. The van der Waals surface area contributed by atoms with Gasteiger partial charge in [0.25, 0.3) is 0 Å². The number of hydrogen-bond acceptors (Lipinski definition) is 2. The Balaban J connectivity index is 1.15. The molecule has 9 rings (SSSR count). The van der Waals surface area contributed by atoms with Crippen molar-refractivity contribution in [2.24, 2.45) is 0 Å². The van der Waals surface area contributed by atoms with Gasteiger partial charge in [0.05, 0.1) is 11.2 Å². The van der Waals surface area contributed by atoms with Gasteiger partial charge in [-0.25, -0.2) is 9.97 Å². The summed E-state index contributed by atoms with van der Waals surface area (Å²) in [5.74, 6) is 0.735. The largest absolute Gasteiger partial charge is 0.228 e. The molecule has 224 valence electrons. The minimum absolute atomic E-state index is 0.735. The van der Waals surface area contributed by atoms with E-state index in [4.69, 9.17) is 9.97 Å². The normalized spacial score (nSPS) is 11.3. The van der Waals surface area contributed by atoms with E-state index in [1.54, 1.807) is 0 Å². The molecule has 0 fully saturated rings. The van der Waals surface area contributed by atoms with Gasteiger partial charge in [-0.3, -0.25) is 0 Å². The van der Waals surface area contributed by atoms with Crippen LogP contribution in [0.5, 0.6) is 0 Å². The minimum atomic E-state index is 0.735. The van der Waals surface area contributed by atoms with Gasteiger partial charge >= 0.3 is 0 Å². The van der Waals surface area contributed by atoms with Crippen molar-refractivity contribution in [3.63, 3.8) is 0 Å².